The Bertz CT molecular complexity index is 401. The number of nitrogens with zero attached hydrogens (tertiary/aromatic N) is 1. The summed E-state index contributed by atoms with van der Waals surface area (Å²) < 4.78 is 0. The number of amides is 1. The second-order valence-electron chi connectivity index (χ2n) is 4.46. The molecule has 0 spiro atoms. The van der Waals surface area contributed by atoms with Gasteiger partial charge in [0.2, 0.25) is 5.91 Å². The SMILES string of the molecule is CC(C)(CC(=O)NCc1ccccn1)C(=O)O. The summed E-state index contributed by atoms with van der Waals surface area (Å²) >= 11 is 0. The summed E-state index contributed by atoms with van der Waals surface area (Å²) in [4.78, 5) is 26.4. The minimum absolute atomic E-state index is 0.0465. The Morgan fingerprint density at radius 3 is 2.65 bits per heavy atom. The second-order valence-corrected chi connectivity index (χ2v) is 4.46. The number of aromatic nitrogens is 1. The first kappa shape index (κ1) is 13.2. The maximum Gasteiger partial charge on any atom is 0.309 e. The van der Waals surface area contributed by atoms with Crippen LogP contribution < -0.4 is 5.32 Å². The van der Waals surface area contributed by atoms with E-state index in [9.17, 15) is 9.59 Å². The van der Waals surface area contributed by atoms with Crippen molar-refractivity contribution >= 4 is 11.9 Å². The first-order valence-electron chi connectivity index (χ1n) is 5.32. The van der Waals surface area contributed by atoms with Crippen LogP contribution in [-0.2, 0) is 16.1 Å². The number of aliphatic carboxylic acids is 1. The number of carbonyl (C=O) groups excluding carboxylic acids is 1. The van der Waals surface area contributed by atoms with Crippen molar-refractivity contribution in [1.29, 1.82) is 0 Å². The van der Waals surface area contributed by atoms with E-state index >= 15 is 0 Å². The lowest BCUT2D eigenvalue weighted by Gasteiger charge is -2.18. The minimum Gasteiger partial charge on any atom is -0.481 e. The van der Waals surface area contributed by atoms with Crippen molar-refractivity contribution in [2.75, 3.05) is 0 Å². The molecule has 1 aromatic heterocycles. The van der Waals surface area contributed by atoms with Crippen LogP contribution >= 0.6 is 0 Å². The number of carboxylic acid groups (broad SMARTS) is 1. The number of hydrogen-bond acceptors (Lipinski definition) is 3. The minimum atomic E-state index is -1.05. The molecule has 5 heteroatoms. The molecule has 0 aliphatic rings. The fourth-order valence-electron chi connectivity index (χ4n) is 1.23. The maximum atomic E-state index is 11.5. The lowest BCUT2D eigenvalue weighted by molar-refractivity contribution is -0.149. The first-order chi connectivity index (χ1) is 7.92. The molecule has 0 fully saturated rings. The van der Waals surface area contributed by atoms with Crippen LogP contribution in [0.5, 0.6) is 0 Å². The van der Waals surface area contributed by atoms with E-state index in [-0.39, 0.29) is 12.3 Å². The van der Waals surface area contributed by atoms with Crippen LogP contribution in [0.2, 0.25) is 0 Å². The van der Waals surface area contributed by atoms with Gasteiger partial charge in [0.05, 0.1) is 17.7 Å². The number of carboxylic acids is 1. The molecule has 0 aliphatic carbocycles. The van der Waals surface area contributed by atoms with Crippen LogP contribution in [0.15, 0.2) is 24.4 Å². The molecule has 1 amide bonds. The second kappa shape index (κ2) is 5.43. The van der Waals surface area contributed by atoms with Gasteiger partial charge in [0, 0.05) is 12.6 Å². The number of rotatable bonds is 5. The molecule has 1 rings (SSSR count). The summed E-state index contributed by atoms with van der Waals surface area (Å²) in [5.41, 5.74) is -0.303. The van der Waals surface area contributed by atoms with Crippen molar-refractivity contribution in [3.05, 3.63) is 30.1 Å². The summed E-state index contributed by atoms with van der Waals surface area (Å²) in [6.45, 7) is 3.36. The molecule has 0 aliphatic heterocycles. The Labute approximate surface area is 99.9 Å². The summed E-state index contributed by atoms with van der Waals surface area (Å²) in [6.07, 6.45) is 1.60. The third-order valence-corrected chi connectivity index (χ3v) is 2.37. The van der Waals surface area contributed by atoms with E-state index < -0.39 is 11.4 Å². The van der Waals surface area contributed by atoms with Gasteiger partial charge in [-0.1, -0.05) is 6.07 Å². The summed E-state index contributed by atoms with van der Waals surface area (Å²) in [7, 11) is 0. The molecule has 92 valence electrons. The van der Waals surface area contributed by atoms with Crippen LogP contribution in [-0.4, -0.2) is 22.0 Å². The Hall–Kier alpha value is -1.91. The van der Waals surface area contributed by atoms with Crippen LogP contribution in [0, 0.1) is 5.41 Å². The van der Waals surface area contributed by atoms with Gasteiger partial charge in [0.1, 0.15) is 0 Å². The van der Waals surface area contributed by atoms with Gasteiger partial charge in [-0.2, -0.15) is 0 Å². The number of hydrogen-bond donors (Lipinski definition) is 2. The third-order valence-electron chi connectivity index (χ3n) is 2.37. The Kier molecular flexibility index (Phi) is 4.20. The highest BCUT2D eigenvalue weighted by molar-refractivity contribution is 5.84. The lowest BCUT2D eigenvalue weighted by Crippen LogP contribution is -2.33. The molecular weight excluding hydrogens is 220 g/mol. The van der Waals surface area contributed by atoms with Gasteiger partial charge in [0.15, 0.2) is 0 Å². The summed E-state index contributed by atoms with van der Waals surface area (Å²) in [5.74, 6) is -1.27. The fraction of sp³-hybridized carbons (Fsp3) is 0.417. The van der Waals surface area contributed by atoms with E-state index in [1.807, 2.05) is 6.07 Å². The highest BCUT2D eigenvalue weighted by atomic mass is 16.4. The smallest absolute Gasteiger partial charge is 0.309 e. The topological polar surface area (TPSA) is 79.3 Å². The molecule has 0 bridgehead atoms. The maximum absolute atomic E-state index is 11.5. The predicted octanol–water partition coefficient (Wildman–Crippen LogP) is 1.20. The zero-order valence-electron chi connectivity index (χ0n) is 9.93. The van der Waals surface area contributed by atoms with Crippen molar-refractivity contribution in [3.8, 4) is 0 Å². The van der Waals surface area contributed by atoms with Crippen molar-refractivity contribution in [3.63, 3.8) is 0 Å². The van der Waals surface area contributed by atoms with Crippen LogP contribution in [0.25, 0.3) is 0 Å². The predicted molar refractivity (Wildman–Crippen MR) is 62.1 cm³/mol. The summed E-state index contributed by atoms with van der Waals surface area (Å²) in [6, 6.07) is 5.41. The molecule has 0 unspecified atom stereocenters. The van der Waals surface area contributed by atoms with E-state index in [2.05, 4.69) is 10.3 Å². The van der Waals surface area contributed by atoms with Gasteiger partial charge in [-0.3, -0.25) is 14.6 Å². The largest absolute Gasteiger partial charge is 0.481 e. The van der Waals surface area contributed by atoms with Gasteiger partial charge >= 0.3 is 5.97 Å². The van der Waals surface area contributed by atoms with Crippen molar-refractivity contribution in [2.45, 2.75) is 26.8 Å². The molecule has 1 aromatic rings. The van der Waals surface area contributed by atoms with E-state index in [0.29, 0.717) is 6.54 Å². The first-order valence-corrected chi connectivity index (χ1v) is 5.32. The zero-order valence-corrected chi connectivity index (χ0v) is 9.93. The number of pyridine rings is 1. The summed E-state index contributed by atoms with van der Waals surface area (Å²) in [5, 5.41) is 11.5. The molecule has 0 aromatic carbocycles. The Morgan fingerprint density at radius 2 is 2.12 bits per heavy atom. The van der Waals surface area contributed by atoms with Crippen molar-refractivity contribution in [1.82, 2.24) is 10.3 Å². The molecule has 0 saturated carbocycles. The third kappa shape index (κ3) is 4.22. The van der Waals surface area contributed by atoms with Crippen LogP contribution in [0.4, 0.5) is 0 Å². The molecule has 0 saturated heterocycles. The highest BCUT2D eigenvalue weighted by Gasteiger charge is 2.29. The van der Waals surface area contributed by atoms with Crippen LogP contribution in [0.3, 0.4) is 0 Å². The van der Waals surface area contributed by atoms with Gasteiger partial charge in [-0.25, -0.2) is 0 Å². The fourth-order valence-corrected chi connectivity index (χ4v) is 1.23. The van der Waals surface area contributed by atoms with Gasteiger partial charge in [-0.15, -0.1) is 0 Å². The lowest BCUT2D eigenvalue weighted by atomic mass is 9.89. The number of nitrogens with one attached hydrogen (secondary N) is 1. The quantitative estimate of drug-likeness (QED) is 0.805. The average molecular weight is 236 g/mol. The molecule has 5 nitrogen and oxygen atoms in total. The van der Waals surface area contributed by atoms with E-state index in [4.69, 9.17) is 5.11 Å². The molecule has 0 radical (unpaired) electrons. The van der Waals surface area contributed by atoms with E-state index in [1.165, 1.54) is 13.8 Å². The molecule has 1 heterocycles. The Balaban J connectivity index is 2.44. The standard InChI is InChI=1S/C12H16N2O3/c1-12(2,11(16)17)7-10(15)14-8-9-5-3-4-6-13-9/h3-6H,7-8H2,1-2H3,(H,14,15)(H,16,17). The number of carbonyl (C=O) groups is 2. The Morgan fingerprint density at radius 1 is 1.41 bits per heavy atom. The normalized spacial score (nSPS) is 10.9. The van der Waals surface area contributed by atoms with Crippen LogP contribution in [0.1, 0.15) is 26.0 Å². The van der Waals surface area contributed by atoms with Gasteiger partial charge in [0.25, 0.3) is 0 Å². The van der Waals surface area contributed by atoms with E-state index in [1.54, 1.807) is 18.3 Å². The van der Waals surface area contributed by atoms with Crippen molar-refractivity contribution < 1.29 is 14.7 Å². The molecule has 2 N–H and O–H groups in total. The average Bonchev–Trinajstić information content (AvgIpc) is 2.27. The zero-order chi connectivity index (χ0) is 12.9. The van der Waals surface area contributed by atoms with Gasteiger partial charge in [-0.05, 0) is 26.0 Å². The molecular formula is C12H16N2O3. The molecule has 17 heavy (non-hydrogen) atoms. The van der Waals surface area contributed by atoms with Crippen molar-refractivity contribution in [2.24, 2.45) is 5.41 Å². The van der Waals surface area contributed by atoms with Gasteiger partial charge < -0.3 is 10.4 Å². The highest BCUT2D eigenvalue weighted by Crippen LogP contribution is 2.19. The molecule has 0 atom stereocenters. The van der Waals surface area contributed by atoms with E-state index in [0.717, 1.165) is 5.69 Å². The monoisotopic (exact) mass is 236 g/mol.